The Kier molecular flexibility index (Phi) is 3.97. The molecule has 0 fully saturated rings. The SMILES string of the molecule is CC.CN1C(=O)OCc2ccc(Cl)cc21. The number of nitrogens with zero attached hydrogens (tertiary/aromatic N) is 1. The first-order valence-corrected chi connectivity index (χ1v) is 5.25. The summed E-state index contributed by atoms with van der Waals surface area (Å²) in [6.45, 7) is 4.33. The fourth-order valence-corrected chi connectivity index (χ4v) is 1.47. The van der Waals surface area contributed by atoms with Crippen LogP contribution in [-0.4, -0.2) is 13.1 Å². The van der Waals surface area contributed by atoms with E-state index in [1.807, 2.05) is 19.9 Å². The van der Waals surface area contributed by atoms with E-state index in [-0.39, 0.29) is 6.09 Å². The van der Waals surface area contributed by atoms with Gasteiger partial charge in [-0.05, 0) is 12.1 Å². The lowest BCUT2D eigenvalue weighted by molar-refractivity contribution is 0.143. The molecule has 82 valence electrons. The highest BCUT2D eigenvalue weighted by Crippen LogP contribution is 2.28. The molecule has 3 nitrogen and oxygen atoms in total. The summed E-state index contributed by atoms with van der Waals surface area (Å²) in [7, 11) is 1.66. The molecular formula is C11H14ClNO2. The molecule has 0 saturated carbocycles. The van der Waals surface area contributed by atoms with Crippen LogP contribution in [0.1, 0.15) is 19.4 Å². The number of ether oxygens (including phenoxy) is 1. The van der Waals surface area contributed by atoms with Gasteiger partial charge in [0.1, 0.15) is 6.61 Å². The third kappa shape index (κ3) is 2.42. The van der Waals surface area contributed by atoms with E-state index in [1.165, 1.54) is 4.90 Å². The molecule has 1 heterocycles. The second kappa shape index (κ2) is 5.03. The van der Waals surface area contributed by atoms with Crippen LogP contribution in [-0.2, 0) is 11.3 Å². The fourth-order valence-electron chi connectivity index (χ4n) is 1.31. The summed E-state index contributed by atoms with van der Waals surface area (Å²) >= 11 is 5.81. The third-order valence-electron chi connectivity index (χ3n) is 2.03. The standard InChI is InChI=1S/C9H8ClNO2.C2H6/c1-11-8-4-7(10)3-2-6(8)5-13-9(11)12;1-2/h2-4H,5H2,1H3;1-2H3. The summed E-state index contributed by atoms with van der Waals surface area (Å²) in [5.74, 6) is 0. The molecule has 1 amide bonds. The van der Waals surface area contributed by atoms with Gasteiger partial charge in [0.2, 0.25) is 0 Å². The normalized spacial score (nSPS) is 13.6. The first-order valence-electron chi connectivity index (χ1n) is 4.87. The molecule has 2 rings (SSSR count). The van der Waals surface area contributed by atoms with Crippen LogP contribution >= 0.6 is 11.6 Å². The number of fused-ring (bicyclic) bond motifs is 1. The summed E-state index contributed by atoms with van der Waals surface area (Å²) in [5, 5.41) is 0.625. The number of hydrogen-bond donors (Lipinski definition) is 0. The van der Waals surface area contributed by atoms with E-state index in [9.17, 15) is 4.79 Å². The Morgan fingerprint density at radius 1 is 1.40 bits per heavy atom. The van der Waals surface area contributed by atoms with Crippen LogP contribution in [0.2, 0.25) is 5.02 Å². The lowest BCUT2D eigenvalue weighted by atomic mass is 10.1. The smallest absolute Gasteiger partial charge is 0.414 e. The van der Waals surface area contributed by atoms with Gasteiger partial charge in [-0.25, -0.2) is 4.79 Å². The summed E-state index contributed by atoms with van der Waals surface area (Å²) in [6, 6.07) is 5.41. The number of benzene rings is 1. The van der Waals surface area contributed by atoms with Crippen LogP contribution in [0.3, 0.4) is 0 Å². The van der Waals surface area contributed by atoms with Crippen LogP contribution < -0.4 is 4.90 Å². The number of carbonyl (C=O) groups excluding carboxylic acids is 1. The number of anilines is 1. The van der Waals surface area contributed by atoms with Crippen LogP contribution in [0.5, 0.6) is 0 Å². The molecule has 1 aliphatic heterocycles. The topological polar surface area (TPSA) is 29.5 Å². The van der Waals surface area contributed by atoms with E-state index in [2.05, 4.69) is 0 Å². The highest BCUT2D eigenvalue weighted by atomic mass is 35.5. The van der Waals surface area contributed by atoms with Crippen molar-refractivity contribution in [3.8, 4) is 0 Å². The maximum Gasteiger partial charge on any atom is 0.414 e. The molecule has 0 atom stereocenters. The highest BCUT2D eigenvalue weighted by molar-refractivity contribution is 6.31. The minimum atomic E-state index is -0.338. The zero-order chi connectivity index (χ0) is 11.4. The maximum absolute atomic E-state index is 11.1. The molecule has 1 aliphatic rings. The Hall–Kier alpha value is -1.22. The number of halogens is 1. The van der Waals surface area contributed by atoms with Gasteiger partial charge < -0.3 is 4.74 Å². The molecule has 0 radical (unpaired) electrons. The van der Waals surface area contributed by atoms with E-state index in [0.29, 0.717) is 11.6 Å². The Bertz CT molecular complexity index is 366. The molecule has 1 aromatic rings. The minimum absolute atomic E-state index is 0.329. The van der Waals surface area contributed by atoms with Crippen molar-refractivity contribution in [1.29, 1.82) is 0 Å². The van der Waals surface area contributed by atoms with Crippen molar-refractivity contribution in [2.24, 2.45) is 0 Å². The largest absolute Gasteiger partial charge is 0.444 e. The van der Waals surface area contributed by atoms with Crippen LogP contribution in [0.4, 0.5) is 10.5 Å². The lowest BCUT2D eigenvalue weighted by Crippen LogP contribution is -2.31. The van der Waals surface area contributed by atoms with E-state index in [4.69, 9.17) is 16.3 Å². The minimum Gasteiger partial charge on any atom is -0.444 e. The molecule has 0 aliphatic carbocycles. The Labute approximate surface area is 94.6 Å². The number of rotatable bonds is 0. The Morgan fingerprint density at radius 3 is 2.73 bits per heavy atom. The first kappa shape index (κ1) is 11.9. The Morgan fingerprint density at radius 2 is 2.07 bits per heavy atom. The van der Waals surface area contributed by atoms with Crippen molar-refractivity contribution < 1.29 is 9.53 Å². The molecule has 15 heavy (non-hydrogen) atoms. The first-order chi connectivity index (χ1) is 7.18. The molecule has 0 aromatic heterocycles. The van der Waals surface area contributed by atoms with E-state index < -0.39 is 0 Å². The van der Waals surface area contributed by atoms with Crippen LogP contribution in [0.25, 0.3) is 0 Å². The van der Waals surface area contributed by atoms with E-state index in [0.717, 1.165) is 11.3 Å². The second-order valence-corrected chi connectivity index (χ2v) is 3.32. The van der Waals surface area contributed by atoms with Gasteiger partial charge >= 0.3 is 6.09 Å². The number of cyclic esters (lactones) is 1. The van der Waals surface area contributed by atoms with Crippen molar-refractivity contribution in [2.45, 2.75) is 20.5 Å². The lowest BCUT2D eigenvalue weighted by Gasteiger charge is -2.25. The predicted molar refractivity (Wildman–Crippen MR) is 61.4 cm³/mol. The summed E-state index contributed by atoms with van der Waals surface area (Å²) in [6.07, 6.45) is -0.338. The van der Waals surface area contributed by atoms with E-state index in [1.54, 1.807) is 19.2 Å². The van der Waals surface area contributed by atoms with Gasteiger partial charge in [0.05, 0.1) is 5.69 Å². The monoisotopic (exact) mass is 227 g/mol. The zero-order valence-electron chi connectivity index (χ0n) is 9.08. The van der Waals surface area contributed by atoms with Crippen molar-refractivity contribution in [1.82, 2.24) is 0 Å². The van der Waals surface area contributed by atoms with Gasteiger partial charge in [-0.2, -0.15) is 0 Å². The number of amides is 1. The van der Waals surface area contributed by atoms with Crippen molar-refractivity contribution >= 4 is 23.4 Å². The average molecular weight is 228 g/mol. The van der Waals surface area contributed by atoms with E-state index >= 15 is 0 Å². The number of hydrogen-bond acceptors (Lipinski definition) is 2. The predicted octanol–water partition coefficient (Wildman–Crippen LogP) is 3.45. The third-order valence-corrected chi connectivity index (χ3v) is 2.27. The van der Waals surface area contributed by atoms with Gasteiger partial charge in [-0.1, -0.05) is 31.5 Å². The fraction of sp³-hybridized carbons (Fsp3) is 0.364. The Balaban J connectivity index is 0.000000531. The van der Waals surface area contributed by atoms with Gasteiger partial charge in [-0.15, -0.1) is 0 Å². The van der Waals surface area contributed by atoms with Gasteiger partial charge in [0.25, 0.3) is 0 Å². The quantitative estimate of drug-likeness (QED) is 0.680. The van der Waals surface area contributed by atoms with Crippen LogP contribution in [0, 0.1) is 0 Å². The zero-order valence-corrected chi connectivity index (χ0v) is 9.84. The van der Waals surface area contributed by atoms with Gasteiger partial charge in [0, 0.05) is 17.6 Å². The molecule has 1 aromatic carbocycles. The van der Waals surface area contributed by atoms with Crippen molar-refractivity contribution in [3.05, 3.63) is 28.8 Å². The second-order valence-electron chi connectivity index (χ2n) is 2.89. The summed E-state index contributed by atoms with van der Waals surface area (Å²) < 4.78 is 4.90. The molecule has 0 N–H and O–H groups in total. The number of carbonyl (C=O) groups is 1. The summed E-state index contributed by atoms with van der Waals surface area (Å²) in [5.41, 5.74) is 1.80. The van der Waals surface area contributed by atoms with Gasteiger partial charge in [-0.3, -0.25) is 4.90 Å². The molecule has 0 spiro atoms. The van der Waals surface area contributed by atoms with Crippen molar-refractivity contribution in [2.75, 3.05) is 11.9 Å². The van der Waals surface area contributed by atoms with Crippen molar-refractivity contribution in [3.63, 3.8) is 0 Å². The average Bonchev–Trinajstić information content (AvgIpc) is 2.27. The molecule has 0 unspecified atom stereocenters. The summed E-state index contributed by atoms with van der Waals surface area (Å²) in [4.78, 5) is 12.6. The molecule has 0 bridgehead atoms. The molecular weight excluding hydrogens is 214 g/mol. The van der Waals surface area contributed by atoms with Crippen LogP contribution in [0.15, 0.2) is 18.2 Å². The van der Waals surface area contributed by atoms with Gasteiger partial charge in [0.15, 0.2) is 0 Å². The molecule has 0 saturated heterocycles. The maximum atomic E-state index is 11.1. The highest BCUT2D eigenvalue weighted by Gasteiger charge is 2.21. The molecule has 4 heteroatoms.